The highest BCUT2D eigenvalue weighted by Crippen LogP contribution is 2.45. The van der Waals surface area contributed by atoms with Crippen LogP contribution < -0.4 is 4.74 Å². The molecule has 3 aromatic rings. The minimum Gasteiger partial charge on any atom is -0.444 e. The summed E-state index contributed by atoms with van der Waals surface area (Å²) >= 11 is 1.69. The quantitative estimate of drug-likeness (QED) is 0.609. The number of hydrogen-bond acceptors (Lipinski definition) is 5. The molecule has 0 bridgehead atoms. The van der Waals surface area contributed by atoms with Gasteiger partial charge in [0, 0.05) is 31.1 Å². The zero-order chi connectivity index (χ0) is 18.2. The number of amidine groups is 1. The summed E-state index contributed by atoms with van der Waals surface area (Å²) < 4.78 is 6.31. The van der Waals surface area contributed by atoms with Crippen LogP contribution in [0.15, 0.2) is 65.7 Å². The smallest absolute Gasteiger partial charge is 0.192 e. The normalized spacial score (nSPS) is 16.8. The molecular formula is C22H21N3OS. The average Bonchev–Trinajstić information content (AvgIpc) is 3.06. The maximum Gasteiger partial charge on any atom is 0.192 e. The Labute approximate surface area is 163 Å². The Bertz CT molecular complexity index is 988. The lowest BCUT2D eigenvalue weighted by Crippen LogP contribution is -2.47. The molecule has 0 unspecified atom stereocenters. The van der Waals surface area contributed by atoms with Crippen molar-refractivity contribution in [2.75, 3.05) is 33.2 Å². The zero-order valence-electron chi connectivity index (χ0n) is 15.3. The van der Waals surface area contributed by atoms with E-state index in [1.54, 1.807) is 11.3 Å². The van der Waals surface area contributed by atoms with E-state index >= 15 is 0 Å². The van der Waals surface area contributed by atoms with Crippen LogP contribution in [0.3, 0.4) is 0 Å². The molecule has 0 atom stereocenters. The Hall–Kier alpha value is -2.63. The van der Waals surface area contributed by atoms with Gasteiger partial charge in [0.15, 0.2) is 10.8 Å². The number of benzene rings is 2. The molecule has 0 amide bonds. The minimum atomic E-state index is 0.823. The van der Waals surface area contributed by atoms with Gasteiger partial charge in [-0.05, 0) is 30.8 Å². The second-order valence-electron chi connectivity index (χ2n) is 6.97. The van der Waals surface area contributed by atoms with Gasteiger partial charge in [0.25, 0.3) is 0 Å². The van der Waals surface area contributed by atoms with Crippen LogP contribution in [-0.4, -0.2) is 48.9 Å². The summed E-state index contributed by atoms with van der Waals surface area (Å²) in [5.74, 6) is 1.85. The molecule has 2 aliphatic rings. The summed E-state index contributed by atoms with van der Waals surface area (Å²) in [6.45, 7) is 4.06. The van der Waals surface area contributed by atoms with Crippen LogP contribution in [0.2, 0.25) is 0 Å². The van der Waals surface area contributed by atoms with Crippen molar-refractivity contribution >= 4 is 22.9 Å². The number of piperazine rings is 1. The van der Waals surface area contributed by atoms with Crippen molar-refractivity contribution in [3.8, 4) is 21.3 Å². The molecule has 1 aromatic heterocycles. The lowest BCUT2D eigenvalue weighted by molar-refractivity contribution is 0.216. The van der Waals surface area contributed by atoms with Crippen molar-refractivity contribution in [2.24, 2.45) is 4.99 Å². The fourth-order valence-corrected chi connectivity index (χ4v) is 4.54. The molecular weight excluding hydrogens is 354 g/mol. The van der Waals surface area contributed by atoms with Crippen LogP contribution in [0.5, 0.6) is 10.8 Å². The van der Waals surface area contributed by atoms with Gasteiger partial charge >= 0.3 is 0 Å². The lowest BCUT2D eigenvalue weighted by Gasteiger charge is -2.34. The average molecular weight is 375 g/mol. The highest BCUT2D eigenvalue weighted by Gasteiger charge is 2.27. The standard InChI is InChI=1S/C22H21N3OS/c1-24-11-13-25(14-12-24)21-17-15-20(16-7-3-2-4-8-16)27-22(17)26-19-10-6-5-9-18(19)23-21/h2-10,15H,11-14H2,1H3. The first-order valence-electron chi connectivity index (χ1n) is 9.26. The first-order chi connectivity index (χ1) is 13.3. The summed E-state index contributed by atoms with van der Waals surface area (Å²) in [5, 5.41) is 0.927. The van der Waals surface area contributed by atoms with E-state index in [0.29, 0.717) is 0 Å². The molecule has 0 spiro atoms. The number of aliphatic imine (C=N–C) groups is 1. The Kier molecular flexibility index (Phi) is 4.19. The maximum atomic E-state index is 6.31. The van der Waals surface area contributed by atoms with Crippen molar-refractivity contribution < 1.29 is 4.74 Å². The zero-order valence-corrected chi connectivity index (χ0v) is 16.1. The lowest BCUT2D eigenvalue weighted by atomic mass is 10.1. The molecule has 0 aliphatic carbocycles. The maximum absolute atomic E-state index is 6.31. The molecule has 0 N–H and O–H groups in total. The van der Waals surface area contributed by atoms with Gasteiger partial charge in [0.2, 0.25) is 0 Å². The highest BCUT2D eigenvalue weighted by atomic mass is 32.1. The van der Waals surface area contributed by atoms with Crippen LogP contribution in [0.25, 0.3) is 10.4 Å². The number of hydrogen-bond donors (Lipinski definition) is 0. The SMILES string of the molecule is CN1CCN(C2=Nc3ccccc3Oc3sc(-c4ccccc4)cc32)CC1. The fourth-order valence-electron chi connectivity index (χ4n) is 3.52. The Balaban J connectivity index is 1.62. The number of ether oxygens (including phenoxy) is 1. The number of thiophene rings is 1. The van der Waals surface area contributed by atoms with Crippen molar-refractivity contribution in [2.45, 2.75) is 0 Å². The van der Waals surface area contributed by atoms with Crippen LogP contribution in [0.1, 0.15) is 5.56 Å². The van der Waals surface area contributed by atoms with E-state index in [1.807, 2.05) is 30.3 Å². The topological polar surface area (TPSA) is 28.1 Å². The first-order valence-corrected chi connectivity index (χ1v) is 10.1. The molecule has 2 aliphatic heterocycles. The van der Waals surface area contributed by atoms with Gasteiger partial charge < -0.3 is 14.5 Å². The van der Waals surface area contributed by atoms with E-state index in [0.717, 1.165) is 54.1 Å². The van der Waals surface area contributed by atoms with E-state index in [4.69, 9.17) is 9.73 Å². The monoisotopic (exact) mass is 375 g/mol. The number of fused-ring (bicyclic) bond motifs is 2. The number of nitrogens with zero attached hydrogens (tertiary/aromatic N) is 3. The van der Waals surface area contributed by atoms with Gasteiger partial charge in [-0.15, -0.1) is 0 Å². The van der Waals surface area contributed by atoms with Crippen molar-refractivity contribution in [3.05, 3.63) is 66.2 Å². The van der Waals surface area contributed by atoms with Gasteiger partial charge in [-0.2, -0.15) is 0 Å². The largest absolute Gasteiger partial charge is 0.444 e. The summed E-state index contributed by atoms with van der Waals surface area (Å²) in [6.07, 6.45) is 0. The highest BCUT2D eigenvalue weighted by molar-refractivity contribution is 7.17. The van der Waals surface area contributed by atoms with Gasteiger partial charge in [-0.1, -0.05) is 53.8 Å². The predicted molar refractivity (Wildman–Crippen MR) is 112 cm³/mol. The summed E-state index contributed by atoms with van der Waals surface area (Å²) in [7, 11) is 2.17. The molecule has 1 fully saturated rings. The predicted octanol–water partition coefficient (Wildman–Crippen LogP) is 4.85. The van der Waals surface area contributed by atoms with E-state index in [9.17, 15) is 0 Å². The molecule has 2 aromatic carbocycles. The van der Waals surface area contributed by atoms with Crippen LogP contribution in [0.4, 0.5) is 5.69 Å². The van der Waals surface area contributed by atoms with E-state index in [1.165, 1.54) is 10.4 Å². The summed E-state index contributed by atoms with van der Waals surface area (Å²) in [5.41, 5.74) is 3.21. The third-order valence-corrected chi connectivity index (χ3v) is 6.16. The summed E-state index contributed by atoms with van der Waals surface area (Å²) in [6, 6.07) is 20.8. The molecule has 3 heterocycles. The van der Waals surface area contributed by atoms with Crippen molar-refractivity contribution in [1.82, 2.24) is 9.80 Å². The second kappa shape index (κ2) is 6.83. The van der Waals surface area contributed by atoms with Crippen LogP contribution in [-0.2, 0) is 0 Å². The Morgan fingerprint density at radius 3 is 2.48 bits per heavy atom. The van der Waals surface area contributed by atoms with Gasteiger partial charge in [-0.3, -0.25) is 0 Å². The fraction of sp³-hybridized carbons (Fsp3) is 0.227. The van der Waals surface area contributed by atoms with E-state index < -0.39 is 0 Å². The van der Waals surface area contributed by atoms with Crippen molar-refractivity contribution in [3.63, 3.8) is 0 Å². The van der Waals surface area contributed by atoms with Gasteiger partial charge in [0.1, 0.15) is 11.5 Å². The molecule has 0 radical (unpaired) electrons. The second-order valence-corrected chi connectivity index (χ2v) is 7.99. The third kappa shape index (κ3) is 3.13. The number of para-hydroxylation sites is 2. The minimum absolute atomic E-state index is 0.823. The van der Waals surface area contributed by atoms with E-state index in [2.05, 4.69) is 47.2 Å². The van der Waals surface area contributed by atoms with Crippen LogP contribution in [0, 0.1) is 0 Å². The van der Waals surface area contributed by atoms with Gasteiger partial charge in [-0.25, -0.2) is 4.99 Å². The Morgan fingerprint density at radius 2 is 1.67 bits per heavy atom. The van der Waals surface area contributed by atoms with Gasteiger partial charge in [0.05, 0.1) is 5.56 Å². The molecule has 27 heavy (non-hydrogen) atoms. The summed E-state index contributed by atoms with van der Waals surface area (Å²) in [4.78, 5) is 11.0. The number of likely N-dealkylation sites (N-methyl/N-ethyl adjacent to an activating group) is 1. The van der Waals surface area contributed by atoms with E-state index in [-0.39, 0.29) is 0 Å². The van der Waals surface area contributed by atoms with Crippen LogP contribution >= 0.6 is 11.3 Å². The molecule has 0 saturated carbocycles. The molecule has 1 saturated heterocycles. The molecule has 5 rings (SSSR count). The first kappa shape index (κ1) is 16.5. The molecule has 4 nitrogen and oxygen atoms in total. The Morgan fingerprint density at radius 1 is 0.926 bits per heavy atom. The molecule has 136 valence electrons. The van der Waals surface area contributed by atoms with Crippen molar-refractivity contribution in [1.29, 1.82) is 0 Å². The number of rotatable bonds is 1. The third-order valence-electron chi connectivity index (χ3n) is 5.09. The molecule has 5 heteroatoms.